The fourth-order valence-corrected chi connectivity index (χ4v) is 2.07. The Hall–Kier alpha value is -2.83. The average Bonchev–Trinajstić information content (AvgIpc) is 2.70. The van der Waals surface area contributed by atoms with Crippen LogP contribution in [0.2, 0.25) is 0 Å². The summed E-state index contributed by atoms with van der Waals surface area (Å²) in [6.07, 6.45) is 0. The molecule has 0 aliphatic heterocycles. The van der Waals surface area contributed by atoms with Gasteiger partial charge < -0.3 is 29.7 Å². The van der Waals surface area contributed by atoms with Crippen LogP contribution in [0.25, 0.3) is 0 Å². The van der Waals surface area contributed by atoms with Gasteiger partial charge >= 0.3 is 32.7 Å². The third-order valence-electron chi connectivity index (χ3n) is 3.86. The second-order valence-electron chi connectivity index (χ2n) is 6.46. The van der Waals surface area contributed by atoms with E-state index in [1.54, 1.807) is 36.4 Å². The van der Waals surface area contributed by atoms with Crippen molar-refractivity contribution >= 4 is 17.9 Å². The molecule has 0 spiro atoms. The minimum Gasteiger partial charge on any atom is -0.545 e. The molecule has 0 bridgehead atoms. The predicted octanol–water partition coefficient (Wildman–Crippen LogP) is 1.07. The molecule has 0 saturated carbocycles. The van der Waals surface area contributed by atoms with Gasteiger partial charge in [-0.25, -0.2) is 0 Å². The summed E-state index contributed by atoms with van der Waals surface area (Å²) in [6.45, 7) is 5.71. The van der Waals surface area contributed by atoms with E-state index in [1.807, 2.05) is 20.8 Å². The quantitative estimate of drug-likeness (QED) is 0.537. The molecule has 0 saturated heterocycles. The van der Waals surface area contributed by atoms with Gasteiger partial charge in [-0.1, -0.05) is 89.5 Å². The molecule has 0 aliphatic rings. The normalized spacial score (nSPS) is 9.00. The van der Waals surface area contributed by atoms with Crippen molar-refractivity contribution in [3.8, 4) is 0 Å². The molecule has 0 heterocycles. The molecular formula is C24H21O6Y. The first-order valence-electron chi connectivity index (χ1n) is 8.94. The number of aryl methyl sites for hydroxylation is 3. The van der Waals surface area contributed by atoms with Gasteiger partial charge in [0.25, 0.3) is 0 Å². The summed E-state index contributed by atoms with van der Waals surface area (Å²) < 4.78 is 0. The van der Waals surface area contributed by atoms with E-state index >= 15 is 0 Å². The molecule has 156 valence electrons. The van der Waals surface area contributed by atoms with Crippen molar-refractivity contribution in [3.63, 3.8) is 0 Å². The van der Waals surface area contributed by atoms with E-state index in [4.69, 9.17) is 0 Å². The van der Waals surface area contributed by atoms with Crippen LogP contribution < -0.4 is 15.3 Å². The van der Waals surface area contributed by atoms with Gasteiger partial charge in [0.15, 0.2) is 0 Å². The van der Waals surface area contributed by atoms with Crippen LogP contribution in [0.3, 0.4) is 0 Å². The molecule has 0 N–H and O–H groups in total. The Bertz CT molecular complexity index is 846. The Kier molecular flexibility index (Phi) is 12.9. The van der Waals surface area contributed by atoms with Gasteiger partial charge in [0.05, 0.1) is 17.9 Å². The van der Waals surface area contributed by atoms with Crippen molar-refractivity contribution in [1.29, 1.82) is 0 Å². The second kappa shape index (κ2) is 14.2. The maximum Gasteiger partial charge on any atom is 3.00 e. The van der Waals surface area contributed by atoms with Crippen LogP contribution >= 0.6 is 0 Å². The Morgan fingerprint density at radius 1 is 0.452 bits per heavy atom. The number of carbonyl (C=O) groups is 3. The van der Waals surface area contributed by atoms with Gasteiger partial charge in [-0.15, -0.1) is 0 Å². The smallest absolute Gasteiger partial charge is 0.545 e. The summed E-state index contributed by atoms with van der Waals surface area (Å²) in [5, 5.41) is 30.6. The maximum absolute atomic E-state index is 10.2. The van der Waals surface area contributed by atoms with E-state index in [2.05, 4.69) is 0 Å². The number of rotatable bonds is 3. The van der Waals surface area contributed by atoms with E-state index in [0.717, 1.165) is 16.7 Å². The standard InChI is InChI=1S/3C8H8O2.Y/c3*1-6-2-4-7(5-3-6)8(9)10;/h3*2-5H,1H3,(H,9,10);/q;;;+3/p-3. The second-order valence-corrected chi connectivity index (χ2v) is 6.46. The van der Waals surface area contributed by atoms with Gasteiger partial charge in [-0.2, -0.15) is 0 Å². The summed E-state index contributed by atoms with van der Waals surface area (Å²) in [5.74, 6) is -3.37. The van der Waals surface area contributed by atoms with E-state index in [9.17, 15) is 29.7 Å². The molecule has 0 aromatic heterocycles. The molecule has 31 heavy (non-hydrogen) atoms. The largest absolute Gasteiger partial charge is 3.00 e. The Morgan fingerprint density at radius 3 is 0.742 bits per heavy atom. The molecule has 0 amide bonds. The minimum absolute atomic E-state index is 0. The van der Waals surface area contributed by atoms with Crippen LogP contribution in [0.5, 0.6) is 0 Å². The first-order chi connectivity index (χ1) is 14.1. The number of aromatic carboxylic acids is 3. The van der Waals surface area contributed by atoms with Crippen molar-refractivity contribution in [2.24, 2.45) is 0 Å². The van der Waals surface area contributed by atoms with Crippen LogP contribution in [-0.2, 0) is 32.7 Å². The fraction of sp³-hybridized carbons (Fsp3) is 0.125. The van der Waals surface area contributed by atoms with E-state index < -0.39 is 17.9 Å². The van der Waals surface area contributed by atoms with E-state index in [0.29, 0.717) is 0 Å². The SMILES string of the molecule is Cc1ccc(C(=O)[O-])cc1.Cc1ccc(C(=O)[O-])cc1.Cc1ccc(C(=O)[O-])cc1.[Y+3]. The zero-order valence-electron chi connectivity index (χ0n) is 17.5. The Balaban J connectivity index is 0.000000429. The third-order valence-corrected chi connectivity index (χ3v) is 3.86. The van der Waals surface area contributed by atoms with E-state index in [1.165, 1.54) is 36.4 Å². The predicted molar refractivity (Wildman–Crippen MR) is 107 cm³/mol. The Labute approximate surface area is 206 Å². The molecule has 3 rings (SSSR count). The van der Waals surface area contributed by atoms with Gasteiger partial charge in [0.1, 0.15) is 0 Å². The summed E-state index contributed by atoms with van der Waals surface area (Å²) in [6, 6.07) is 19.6. The molecule has 0 fully saturated rings. The van der Waals surface area contributed by atoms with Crippen molar-refractivity contribution in [2.75, 3.05) is 0 Å². The van der Waals surface area contributed by atoms with Gasteiger partial charge in [0, 0.05) is 0 Å². The Morgan fingerprint density at radius 2 is 0.613 bits per heavy atom. The number of carboxylic acids is 3. The summed E-state index contributed by atoms with van der Waals surface area (Å²) in [4.78, 5) is 30.6. The van der Waals surface area contributed by atoms with Crippen LogP contribution in [0.1, 0.15) is 47.8 Å². The topological polar surface area (TPSA) is 120 Å². The fourth-order valence-electron chi connectivity index (χ4n) is 2.07. The minimum atomic E-state index is -1.12. The number of carboxylic acid groups (broad SMARTS) is 3. The first-order valence-corrected chi connectivity index (χ1v) is 8.94. The van der Waals surface area contributed by atoms with Gasteiger partial charge in [-0.05, 0) is 37.5 Å². The average molecular weight is 494 g/mol. The number of hydrogen-bond acceptors (Lipinski definition) is 6. The molecule has 3 aromatic carbocycles. The molecular weight excluding hydrogens is 473 g/mol. The monoisotopic (exact) mass is 494 g/mol. The molecule has 0 unspecified atom stereocenters. The molecule has 6 nitrogen and oxygen atoms in total. The van der Waals surface area contributed by atoms with Crippen molar-refractivity contribution in [1.82, 2.24) is 0 Å². The molecule has 7 heteroatoms. The molecule has 0 atom stereocenters. The van der Waals surface area contributed by atoms with Gasteiger partial charge in [0.2, 0.25) is 0 Å². The van der Waals surface area contributed by atoms with Crippen LogP contribution in [0.4, 0.5) is 0 Å². The third kappa shape index (κ3) is 11.2. The van der Waals surface area contributed by atoms with Crippen molar-refractivity contribution in [3.05, 3.63) is 106 Å². The summed E-state index contributed by atoms with van der Waals surface area (Å²) >= 11 is 0. The summed E-state index contributed by atoms with van der Waals surface area (Å²) in [5.41, 5.74) is 3.82. The first kappa shape index (κ1) is 28.2. The number of carbonyl (C=O) groups excluding carboxylic acids is 3. The van der Waals surface area contributed by atoms with Gasteiger partial charge in [-0.3, -0.25) is 0 Å². The molecule has 3 aromatic rings. The zero-order valence-corrected chi connectivity index (χ0v) is 20.3. The maximum atomic E-state index is 10.2. The number of hydrogen-bond donors (Lipinski definition) is 0. The van der Waals surface area contributed by atoms with Crippen LogP contribution in [0.15, 0.2) is 72.8 Å². The van der Waals surface area contributed by atoms with E-state index in [-0.39, 0.29) is 49.4 Å². The van der Waals surface area contributed by atoms with Crippen molar-refractivity contribution < 1.29 is 62.4 Å². The molecule has 0 radical (unpaired) electrons. The number of benzene rings is 3. The zero-order chi connectivity index (χ0) is 22.7. The summed E-state index contributed by atoms with van der Waals surface area (Å²) in [7, 11) is 0. The molecule has 0 aliphatic carbocycles. The van der Waals surface area contributed by atoms with Crippen LogP contribution in [-0.4, -0.2) is 17.9 Å². The van der Waals surface area contributed by atoms with Crippen LogP contribution in [0, 0.1) is 20.8 Å². The van der Waals surface area contributed by atoms with Crippen molar-refractivity contribution in [2.45, 2.75) is 20.8 Å².